The maximum atomic E-state index is 5.88. The lowest BCUT2D eigenvalue weighted by Crippen LogP contribution is -2.18. The third-order valence-corrected chi connectivity index (χ3v) is 2.76. The quantitative estimate of drug-likeness (QED) is 0.666. The number of halogens is 1. The lowest BCUT2D eigenvalue weighted by atomic mass is 9.77. The molecule has 0 aliphatic carbocycles. The molecule has 0 radical (unpaired) electrons. The second-order valence-corrected chi connectivity index (χ2v) is 5.10. The van der Waals surface area contributed by atoms with E-state index < -0.39 is 0 Å². The molecule has 2 heteroatoms. The molecule has 78 valence electrons. The first-order chi connectivity index (χ1) is 6.45. The summed E-state index contributed by atoms with van der Waals surface area (Å²) in [6.45, 7) is 8.91. The molecule has 1 rings (SSSR count). The van der Waals surface area contributed by atoms with Crippen LogP contribution in [-0.4, -0.2) is 4.98 Å². The van der Waals surface area contributed by atoms with Crippen LogP contribution in [0.4, 0.5) is 0 Å². The fourth-order valence-corrected chi connectivity index (χ4v) is 2.05. The molecular weight excluding hydrogens is 194 g/mol. The molecule has 1 heterocycles. The summed E-state index contributed by atoms with van der Waals surface area (Å²) >= 11 is 5.88. The highest BCUT2D eigenvalue weighted by Gasteiger charge is 2.25. The molecule has 1 aromatic heterocycles. The van der Waals surface area contributed by atoms with Crippen molar-refractivity contribution < 1.29 is 0 Å². The molecule has 0 aromatic carbocycles. The molecule has 1 aromatic rings. The highest BCUT2D eigenvalue weighted by atomic mass is 35.5. The molecule has 0 bridgehead atoms. The van der Waals surface area contributed by atoms with Crippen LogP contribution in [0.2, 0.25) is 5.15 Å². The third-order valence-electron chi connectivity index (χ3n) is 2.55. The van der Waals surface area contributed by atoms with E-state index in [0.717, 1.165) is 12.1 Å². The van der Waals surface area contributed by atoms with Gasteiger partial charge in [-0.15, -0.1) is 0 Å². The van der Waals surface area contributed by atoms with Crippen LogP contribution in [0.25, 0.3) is 0 Å². The van der Waals surface area contributed by atoms with Crippen LogP contribution in [0.15, 0.2) is 18.2 Å². The van der Waals surface area contributed by atoms with Crippen molar-refractivity contribution in [3.05, 3.63) is 29.0 Å². The number of nitrogens with zero attached hydrogens (tertiary/aromatic N) is 1. The Hall–Kier alpha value is -0.560. The van der Waals surface area contributed by atoms with Crippen LogP contribution in [0.3, 0.4) is 0 Å². The van der Waals surface area contributed by atoms with Crippen LogP contribution < -0.4 is 0 Å². The van der Waals surface area contributed by atoms with Gasteiger partial charge >= 0.3 is 0 Å². The summed E-state index contributed by atoms with van der Waals surface area (Å²) < 4.78 is 0. The molecule has 0 aliphatic rings. The maximum absolute atomic E-state index is 5.88. The minimum absolute atomic E-state index is 0.242. The molecule has 0 spiro atoms. The Bertz CT molecular complexity index is 301. The second-order valence-electron chi connectivity index (χ2n) is 4.71. The molecule has 0 amide bonds. The molecule has 0 fully saturated rings. The summed E-state index contributed by atoms with van der Waals surface area (Å²) in [5.74, 6) is 0.473. The minimum atomic E-state index is 0.242. The first-order valence-electron chi connectivity index (χ1n) is 5.07. The molecule has 1 unspecified atom stereocenters. The average Bonchev–Trinajstić information content (AvgIpc) is 2.02. The van der Waals surface area contributed by atoms with E-state index in [1.165, 1.54) is 0 Å². The van der Waals surface area contributed by atoms with Crippen molar-refractivity contribution in [2.45, 2.75) is 40.0 Å². The van der Waals surface area contributed by atoms with E-state index in [-0.39, 0.29) is 5.41 Å². The van der Waals surface area contributed by atoms with Crippen LogP contribution in [0.5, 0.6) is 0 Å². The van der Waals surface area contributed by atoms with E-state index in [1.807, 2.05) is 12.1 Å². The summed E-state index contributed by atoms with van der Waals surface area (Å²) in [6, 6.07) is 5.85. The molecule has 0 N–H and O–H groups in total. The van der Waals surface area contributed by atoms with Crippen molar-refractivity contribution in [2.24, 2.45) is 5.41 Å². The predicted molar refractivity (Wildman–Crippen MR) is 61.7 cm³/mol. The molecule has 1 atom stereocenters. The van der Waals surface area contributed by atoms with Gasteiger partial charge in [-0.2, -0.15) is 0 Å². The van der Waals surface area contributed by atoms with Crippen LogP contribution in [0, 0.1) is 5.41 Å². The SMILES string of the molecule is CCC(c1cccc(Cl)n1)C(C)(C)C. The van der Waals surface area contributed by atoms with Crippen molar-refractivity contribution in [1.29, 1.82) is 0 Å². The Balaban J connectivity index is 3.01. The summed E-state index contributed by atoms with van der Waals surface area (Å²) in [5.41, 5.74) is 1.35. The van der Waals surface area contributed by atoms with Crippen molar-refractivity contribution in [3.8, 4) is 0 Å². The van der Waals surface area contributed by atoms with Gasteiger partial charge in [0.25, 0.3) is 0 Å². The fourth-order valence-electron chi connectivity index (χ4n) is 1.88. The first kappa shape index (κ1) is 11.5. The van der Waals surface area contributed by atoms with Crippen LogP contribution in [0.1, 0.15) is 45.7 Å². The standard InChI is InChI=1S/C12H18ClN/c1-5-9(12(2,3)4)10-7-6-8-11(13)14-10/h6-9H,5H2,1-4H3. The first-order valence-corrected chi connectivity index (χ1v) is 5.45. The van der Waals surface area contributed by atoms with Gasteiger partial charge in [0, 0.05) is 11.6 Å². The topological polar surface area (TPSA) is 12.9 Å². The van der Waals surface area contributed by atoms with Gasteiger partial charge in [-0.25, -0.2) is 4.98 Å². The summed E-state index contributed by atoms with van der Waals surface area (Å²) in [4.78, 5) is 4.38. The van der Waals surface area contributed by atoms with E-state index in [9.17, 15) is 0 Å². The zero-order valence-corrected chi connectivity index (χ0v) is 10.1. The van der Waals surface area contributed by atoms with Gasteiger partial charge in [0.05, 0.1) is 0 Å². The van der Waals surface area contributed by atoms with Crippen molar-refractivity contribution in [3.63, 3.8) is 0 Å². The normalized spacial score (nSPS) is 14.1. The lowest BCUT2D eigenvalue weighted by molar-refractivity contribution is 0.307. The number of pyridine rings is 1. The fraction of sp³-hybridized carbons (Fsp3) is 0.583. The summed E-state index contributed by atoms with van der Waals surface area (Å²) in [5, 5.41) is 0.588. The minimum Gasteiger partial charge on any atom is -0.241 e. The third kappa shape index (κ3) is 2.71. The van der Waals surface area contributed by atoms with Crippen LogP contribution in [-0.2, 0) is 0 Å². The highest BCUT2D eigenvalue weighted by molar-refractivity contribution is 6.29. The largest absolute Gasteiger partial charge is 0.241 e. The summed E-state index contributed by atoms with van der Waals surface area (Å²) in [7, 11) is 0. The predicted octanol–water partition coefficient (Wildman–Crippen LogP) is 4.27. The monoisotopic (exact) mass is 211 g/mol. The number of aromatic nitrogens is 1. The second kappa shape index (κ2) is 4.31. The zero-order valence-electron chi connectivity index (χ0n) is 9.34. The average molecular weight is 212 g/mol. The molecule has 0 saturated carbocycles. The van der Waals surface area contributed by atoms with Crippen molar-refractivity contribution in [2.75, 3.05) is 0 Å². The molecule has 0 aliphatic heterocycles. The Morgan fingerprint density at radius 2 is 2.00 bits per heavy atom. The number of hydrogen-bond acceptors (Lipinski definition) is 1. The smallest absolute Gasteiger partial charge is 0.129 e. The number of hydrogen-bond donors (Lipinski definition) is 0. The van der Waals surface area contributed by atoms with Gasteiger partial charge < -0.3 is 0 Å². The van der Waals surface area contributed by atoms with E-state index in [1.54, 1.807) is 0 Å². The van der Waals surface area contributed by atoms with Gasteiger partial charge in [0.1, 0.15) is 5.15 Å². The van der Waals surface area contributed by atoms with Gasteiger partial charge in [-0.05, 0) is 24.0 Å². The Kier molecular flexibility index (Phi) is 3.54. The van der Waals surface area contributed by atoms with Gasteiger partial charge in [-0.3, -0.25) is 0 Å². The van der Waals surface area contributed by atoms with Crippen molar-refractivity contribution >= 4 is 11.6 Å². The van der Waals surface area contributed by atoms with E-state index in [2.05, 4.69) is 38.7 Å². The number of rotatable bonds is 2. The Morgan fingerprint density at radius 1 is 1.36 bits per heavy atom. The molecular formula is C12H18ClN. The Labute approximate surface area is 91.5 Å². The molecule has 14 heavy (non-hydrogen) atoms. The highest BCUT2D eigenvalue weighted by Crippen LogP contribution is 2.36. The molecule has 1 nitrogen and oxygen atoms in total. The summed E-state index contributed by atoms with van der Waals surface area (Å²) in [6.07, 6.45) is 1.09. The van der Waals surface area contributed by atoms with Crippen molar-refractivity contribution in [1.82, 2.24) is 4.98 Å². The van der Waals surface area contributed by atoms with E-state index >= 15 is 0 Å². The zero-order chi connectivity index (χ0) is 10.8. The lowest BCUT2D eigenvalue weighted by Gasteiger charge is -2.29. The van der Waals surface area contributed by atoms with Gasteiger partial charge in [0.15, 0.2) is 0 Å². The van der Waals surface area contributed by atoms with Crippen LogP contribution >= 0.6 is 11.6 Å². The van der Waals surface area contributed by atoms with E-state index in [4.69, 9.17) is 11.6 Å². The van der Waals surface area contributed by atoms with E-state index in [0.29, 0.717) is 11.1 Å². The maximum Gasteiger partial charge on any atom is 0.129 e. The van der Waals surface area contributed by atoms with Gasteiger partial charge in [0.2, 0.25) is 0 Å². The molecule has 0 saturated heterocycles. The Morgan fingerprint density at radius 3 is 2.43 bits per heavy atom. The van der Waals surface area contributed by atoms with Gasteiger partial charge in [-0.1, -0.05) is 45.4 Å².